The van der Waals surface area contributed by atoms with E-state index in [1.165, 1.54) is 0 Å². The Hall–Kier alpha value is -5.09. The molecule has 0 aliphatic rings. The molecule has 0 saturated carbocycles. The zero-order valence-corrected chi connectivity index (χ0v) is 19.9. The maximum atomic E-state index is 6.34. The number of rotatable bonds is 4. The second kappa shape index (κ2) is 8.85. The molecule has 0 unspecified atom stereocenters. The standard InChI is InChI=1S/C33H21N3O/c1-4-12-22(13-5-1)25-18-10-20-27-29(25)30-26(19-11-21-28(30)37-27)33-35-31(23-14-6-2-7-15-23)34-32(36-33)24-16-8-3-9-17-24/h1-21H. The molecule has 0 amide bonds. The second-order valence-corrected chi connectivity index (χ2v) is 8.86. The minimum atomic E-state index is 0.615. The van der Waals surface area contributed by atoms with Crippen molar-refractivity contribution in [2.75, 3.05) is 0 Å². The van der Waals surface area contributed by atoms with Gasteiger partial charge >= 0.3 is 0 Å². The van der Waals surface area contributed by atoms with Crippen molar-refractivity contribution in [1.29, 1.82) is 0 Å². The van der Waals surface area contributed by atoms with Crippen LogP contribution < -0.4 is 0 Å². The summed E-state index contributed by atoms with van der Waals surface area (Å²) in [5.74, 6) is 1.89. The van der Waals surface area contributed by atoms with Crippen molar-refractivity contribution in [3.8, 4) is 45.3 Å². The van der Waals surface area contributed by atoms with E-state index in [2.05, 4.69) is 36.4 Å². The van der Waals surface area contributed by atoms with Crippen LogP contribution in [0.3, 0.4) is 0 Å². The summed E-state index contributed by atoms with van der Waals surface area (Å²) >= 11 is 0. The van der Waals surface area contributed by atoms with Crippen LogP contribution in [-0.2, 0) is 0 Å². The molecule has 0 aliphatic carbocycles. The van der Waals surface area contributed by atoms with E-state index in [-0.39, 0.29) is 0 Å². The van der Waals surface area contributed by atoms with E-state index in [1.807, 2.05) is 91.0 Å². The Kier molecular flexibility index (Phi) is 5.07. The van der Waals surface area contributed by atoms with Gasteiger partial charge < -0.3 is 4.42 Å². The summed E-state index contributed by atoms with van der Waals surface area (Å²) in [6, 6.07) is 42.7. The smallest absolute Gasteiger partial charge is 0.164 e. The van der Waals surface area contributed by atoms with E-state index in [9.17, 15) is 0 Å². The zero-order chi connectivity index (χ0) is 24.6. The fourth-order valence-corrected chi connectivity index (χ4v) is 4.84. The molecule has 5 aromatic carbocycles. The molecule has 4 heteroatoms. The quantitative estimate of drug-likeness (QED) is 0.256. The van der Waals surface area contributed by atoms with Crippen molar-refractivity contribution in [2.24, 2.45) is 0 Å². The summed E-state index contributed by atoms with van der Waals surface area (Å²) in [7, 11) is 0. The van der Waals surface area contributed by atoms with Crippen LogP contribution in [0, 0.1) is 0 Å². The summed E-state index contributed by atoms with van der Waals surface area (Å²) in [5.41, 5.74) is 6.69. The molecule has 0 atom stereocenters. The summed E-state index contributed by atoms with van der Waals surface area (Å²) < 4.78 is 6.34. The lowest BCUT2D eigenvalue weighted by Gasteiger charge is -2.10. The highest BCUT2D eigenvalue weighted by Crippen LogP contribution is 2.41. The Morgan fingerprint density at radius 2 is 0.784 bits per heavy atom. The molecule has 0 saturated heterocycles. The zero-order valence-electron chi connectivity index (χ0n) is 19.9. The molecule has 0 spiro atoms. The number of hydrogen-bond donors (Lipinski definition) is 0. The summed E-state index contributed by atoms with van der Waals surface area (Å²) in [5, 5.41) is 2.06. The third-order valence-corrected chi connectivity index (χ3v) is 6.55. The van der Waals surface area contributed by atoms with E-state index < -0.39 is 0 Å². The first-order chi connectivity index (χ1) is 18.3. The molecule has 0 N–H and O–H groups in total. The maximum absolute atomic E-state index is 6.34. The van der Waals surface area contributed by atoms with E-state index in [4.69, 9.17) is 19.4 Å². The largest absolute Gasteiger partial charge is 0.456 e. The number of furan rings is 1. The topological polar surface area (TPSA) is 51.8 Å². The number of aromatic nitrogens is 3. The van der Waals surface area contributed by atoms with Crippen molar-refractivity contribution in [3.63, 3.8) is 0 Å². The highest BCUT2D eigenvalue weighted by molar-refractivity contribution is 6.17. The van der Waals surface area contributed by atoms with Gasteiger partial charge in [0.05, 0.1) is 0 Å². The molecule has 174 valence electrons. The third-order valence-electron chi connectivity index (χ3n) is 6.55. The molecule has 2 aromatic heterocycles. The molecule has 0 aliphatic heterocycles. The summed E-state index contributed by atoms with van der Waals surface area (Å²) in [6.07, 6.45) is 0. The average molecular weight is 476 g/mol. The van der Waals surface area contributed by atoms with Gasteiger partial charge in [0.2, 0.25) is 0 Å². The maximum Gasteiger partial charge on any atom is 0.164 e. The third kappa shape index (κ3) is 3.76. The van der Waals surface area contributed by atoms with Crippen LogP contribution in [-0.4, -0.2) is 15.0 Å². The predicted octanol–water partition coefficient (Wildman–Crippen LogP) is 8.44. The van der Waals surface area contributed by atoms with Gasteiger partial charge in [-0.25, -0.2) is 15.0 Å². The molecule has 0 bridgehead atoms. The first-order valence-electron chi connectivity index (χ1n) is 12.2. The molecule has 37 heavy (non-hydrogen) atoms. The van der Waals surface area contributed by atoms with E-state index in [0.29, 0.717) is 17.5 Å². The van der Waals surface area contributed by atoms with Gasteiger partial charge in [0.25, 0.3) is 0 Å². The second-order valence-electron chi connectivity index (χ2n) is 8.86. The Labute approximate surface area is 213 Å². The highest BCUT2D eigenvalue weighted by Gasteiger charge is 2.19. The van der Waals surface area contributed by atoms with Crippen LogP contribution in [0.15, 0.2) is 132 Å². The van der Waals surface area contributed by atoms with E-state index in [0.717, 1.165) is 49.8 Å². The van der Waals surface area contributed by atoms with E-state index >= 15 is 0 Å². The van der Waals surface area contributed by atoms with Gasteiger partial charge in [-0.3, -0.25) is 0 Å². The van der Waals surface area contributed by atoms with E-state index in [1.54, 1.807) is 0 Å². The molecule has 2 heterocycles. The summed E-state index contributed by atoms with van der Waals surface area (Å²) in [4.78, 5) is 14.8. The minimum Gasteiger partial charge on any atom is -0.456 e. The van der Waals surface area contributed by atoms with Crippen molar-refractivity contribution in [3.05, 3.63) is 127 Å². The van der Waals surface area contributed by atoms with Crippen LogP contribution in [0.4, 0.5) is 0 Å². The highest BCUT2D eigenvalue weighted by atomic mass is 16.3. The average Bonchev–Trinajstić information content (AvgIpc) is 3.37. The lowest BCUT2D eigenvalue weighted by molar-refractivity contribution is 0.669. The Balaban J connectivity index is 1.54. The molecule has 4 nitrogen and oxygen atoms in total. The van der Waals surface area contributed by atoms with Crippen LogP contribution in [0.5, 0.6) is 0 Å². The van der Waals surface area contributed by atoms with Gasteiger partial charge in [-0.15, -0.1) is 0 Å². The molecule has 0 fully saturated rings. The number of benzene rings is 5. The number of fused-ring (bicyclic) bond motifs is 3. The lowest BCUT2D eigenvalue weighted by Crippen LogP contribution is -2.00. The van der Waals surface area contributed by atoms with Gasteiger partial charge in [-0.2, -0.15) is 0 Å². The Bertz CT molecular complexity index is 1800. The van der Waals surface area contributed by atoms with Crippen molar-refractivity contribution in [1.82, 2.24) is 15.0 Å². The van der Waals surface area contributed by atoms with Gasteiger partial charge in [0.1, 0.15) is 11.2 Å². The minimum absolute atomic E-state index is 0.615. The Morgan fingerprint density at radius 1 is 0.351 bits per heavy atom. The SMILES string of the molecule is c1ccc(-c2nc(-c3ccccc3)nc(-c3cccc4oc5cccc(-c6ccccc6)c5c34)n2)cc1. The van der Waals surface area contributed by atoms with Crippen molar-refractivity contribution < 1.29 is 4.42 Å². The first-order valence-corrected chi connectivity index (χ1v) is 12.2. The van der Waals surface area contributed by atoms with Crippen molar-refractivity contribution in [2.45, 2.75) is 0 Å². The fourth-order valence-electron chi connectivity index (χ4n) is 4.84. The van der Waals surface area contributed by atoms with Crippen LogP contribution >= 0.6 is 0 Å². The molecule has 7 rings (SSSR count). The van der Waals surface area contributed by atoms with Gasteiger partial charge in [0.15, 0.2) is 17.5 Å². The lowest BCUT2D eigenvalue weighted by atomic mass is 9.97. The molecule has 0 radical (unpaired) electrons. The first kappa shape index (κ1) is 21.2. The number of hydrogen-bond acceptors (Lipinski definition) is 4. The molecule has 7 aromatic rings. The van der Waals surface area contributed by atoms with Gasteiger partial charge in [0, 0.05) is 27.5 Å². The van der Waals surface area contributed by atoms with Gasteiger partial charge in [-0.05, 0) is 23.3 Å². The normalized spacial score (nSPS) is 11.2. The Morgan fingerprint density at radius 3 is 1.32 bits per heavy atom. The fraction of sp³-hybridized carbons (Fsp3) is 0. The molecular formula is C33H21N3O. The number of nitrogens with zero attached hydrogens (tertiary/aromatic N) is 3. The van der Waals surface area contributed by atoms with Crippen LogP contribution in [0.2, 0.25) is 0 Å². The predicted molar refractivity (Wildman–Crippen MR) is 149 cm³/mol. The molecular weight excluding hydrogens is 454 g/mol. The van der Waals surface area contributed by atoms with Crippen LogP contribution in [0.25, 0.3) is 67.2 Å². The van der Waals surface area contributed by atoms with Crippen molar-refractivity contribution >= 4 is 21.9 Å². The van der Waals surface area contributed by atoms with Crippen LogP contribution in [0.1, 0.15) is 0 Å². The monoisotopic (exact) mass is 475 g/mol. The van der Waals surface area contributed by atoms with Gasteiger partial charge in [-0.1, -0.05) is 115 Å². The summed E-state index contributed by atoms with van der Waals surface area (Å²) in [6.45, 7) is 0.